The van der Waals surface area contributed by atoms with E-state index in [1.165, 1.54) is 0 Å². The van der Waals surface area contributed by atoms with Crippen molar-refractivity contribution in [1.82, 2.24) is 4.90 Å². The molecule has 0 N–H and O–H groups in total. The van der Waals surface area contributed by atoms with Crippen LogP contribution in [-0.2, 0) is 11.3 Å². The molecule has 0 fully saturated rings. The van der Waals surface area contributed by atoms with Gasteiger partial charge >= 0.3 is 0 Å². The molecule has 0 aliphatic rings. The van der Waals surface area contributed by atoms with Gasteiger partial charge in [0.05, 0.1) is 6.61 Å². The minimum absolute atomic E-state index is 0.147. The maximum atomic E-state index is 13.1. The Morgan fingerprint density at radius 2 is 1.96 bits per heavy atom. The highest BCUT2D eigenvalue weighted by molar-refractivity contribution is 6.31. The number of fused-ring (bicyclic) bond motifs is 1. The number of rotatable bonds is 6. The Labute approximate surface area is 151 Å². The maximum absolute atomic E-state index is 13.1. The Morgan fingerprint density at radius 3 is 2.68 bits per heavy atom. The second-order valence-electron chi connectivity index (χ2n) is 5.90. The van der Waals surface area contributed by atoms with Gasteiger partial charge in [0, 0.05) is 36.2 Å². The largest absolute Gasteiger partial charge is 0.451 e. The van der Waals surface area contributed by atoms with E-state index in [0.29, 0.717) is 36.1 Å². The molecule has 0 aliphatic carbocycles. The summed E-state index contributed by atoms with van der Waals surface area (Å²) in [6.07, 6.45) is 0. The SMILES string of the molecule is COCCN(Cc1ccccc1)C(=O)c1oc2ccc(Cl)cc2c1C. The lowest BCUT2D eigenvalue weighted by Gasteiger charge is -2.21. The van der Waals surface area contributed by atoms with Gasteiger partial charge in [-0.3, -0.25) is 4.79 Å². The lowest BCUT2D eigenvalue weighted by molar-refractivity contribution is 0.0650. The molecule has 0 radical (unpaired) electrons. The van der Waals surface area contributed by atoms with Crippen LogP contribution in [0.1, 0.15) is 21.7 Å². The van der Waals surface area contributed by atoms with Crippen LogP contribution in [0.2, 0.25) is 5.02 Å². The first-order chi connectivity index (χ1) is 12.1. The molecule has 0 atom stereocenters. The van der Waals surface area contributed by atoms with Crippen LogP contribution < -0.4 is 0 Å². The molecular formula is C20H20ClNO3. The van der Waals surface area contributed by atoms with Gasteiger partial charge in [0.1, 0.15) is 5.58 Å². The first kappa shape index (κ1) is 17.5. The molecule has 3 aromatic rings. The zero-order chi connectivity index (χ0) is 17.8. The number of halogens is 1. The summed E-state index contributed by atoms with van der Waals surface area (Å²) in [7, 11) is 1.62. The van der Waals surface area contributed by atoms with Crippen LogP contribution in [0.5, 0.6) is 0 Å². The van der Waals surface area contributed by atoms with Gasteiger partial charge in [-0.05, 0) is 30.7 Å². The highest BCUT2D eigenvalue weighted by Crippen LogP contribution is 2.29. The third kappa shape index (κ3) is 3.86. The first-order valence-corrected chi connectivity index (χ1v) is 8.48. The van der Waals surface area contributed by atoms with E-state index in [-0.39, 0.29) is 5.91 Å². The highest BCUT2D eigenvalue weighted by Gasteiger charge is 2.23. The van der Waals surface area contributed by atoms with Gasteiger partial charge in [-0.1, -0.05) is 41.9 Å². The Hall–Kier alpha value is -2.30. The molecule has 0 saturated carbocycles. The van der Waals surface area contributed by atoms with Crippen LogP contribution >= 0.6 is 11.6 Å². The van der Waals surface area contributed by atoms with Crippen molar-refractivity contribution >= 4 is 28.5 Å². The lowest BCUT2D eigenvalue weighted by Crippen LogP contribution is -2.33. The number of benzene rings is 2. The highest BCUT2D eigenvalue weighted by atomic mass is 35.5. The number of furan rings is 1. The third-order valence-corrected chi connectivity index (χ3v) is 4.40. The quantitative estimate of drug-likeness (QED) is 0.643. The van der Waals surface area contributed by atoms with Crippen LogP contribution in [0, 0.1) is 6.92 Å². The summed E-state index contributed by atoms with van der Waals surface area (Å²) in [5, 5.41) is 1.48. The standard InChI is InChI=1S/C20H20ClNO3/c1-14-17-12-16(21)8-9-18(17)25-19(14)20(23)22(10-11-24-2)13-15-6-4-3-5-7-15/h3-9,12H,10-11,13H2,1-2H3. The lowest BCUT2D eigenvalue weighted by atomic mass is 10.1. The Balaban J connectivity index is 1.92. The van der Waals surface area contributed by atoms with Crippen LogP contribution in [0.25, 0.3) is 11.0 Å². The second kappa shape index (κ2) is 7.72. The van der Waals surface area contributed by atoms with Crippen LogP contribution in [0.15, 0.2) is 52.9 Å². The molecule has 1 heterocycles. The summed E-state index contributed by atoms with van der Waals surface area (Å²) in [5.41, 5.74) is 2.53. The van der Waals surface area contributed by atoms with Crippen molar-refractivity contribution in [3.63, 3.8) is 0 Å². The molecule has 25 heavy (non-hydrogen) atoms. The number of carbonyl (C=O) groups is 1. The van der Waals surface area contributed by atoms with E-state index in [4.69, 9.17) is 20.8 Å². The summed E-state index contributed by atoms with van der Waals surface area (Å²) >= 11 is 6.06. The number of hydrogen-bond acceptors (Lipinski definition) is 3. The molecule has 2 aromatic carbocycles. The molecule has 4 nitrogen and oxygen atoms in total. The number of aryl methyl sites for hydroxylation is 1. The van der Waals surface area contributed by atoms with Gasteiger partial charge < -0.3 is 14.1 Å². The predicted molar refractivity (Wildman–Crippen MR) is 99.0 cm³/mol. The van der Waals surface area contributed by atoms with Crippen LogP contribution in [-0.4, -0.2) is 31.1 Å². The van der Waals surface area contributed by atoms with Crippen molar-refractivity contribution in [2.45, 2.75) is 13.5 Å². The molecule has 3 rings (SSSR count). The molecule has 0 aliphatic heterocycles. The minimum atomic E-state index is -0.147. The van der Waals surface area contributed by atoms with E-state index in [0.717, 1.165) is 16.5 Å². The zero-order valence-electron chi connectivity index (χ0n) is 14.3. The van der Waals surface area contributed by atoms with E-state index in [9.17, 15) is 4.79 Å². The van der Waals surface area contributed by atoms with Crippen molar-refractivity contribution in [3.8, 4) is 0 Å². The smallest absolute Gasteiger partial charge is 0.290 e. The number of hydrogen-bond donors (Lipinski definition) is 0. The van der Waals surface area contributed by atoms with Gasteiger partial charge in [-0.2, -0.15) is 0 Å². The van der Waals surface area contributed by atoms with E-state index in [1.54, 1.807) is 24.1 Å². The average Bonchev–Trinajstić information content (AvgIpc) is 2.95. The van der Waals surface area contributed by atoms with Gasteiger partial charge in [0.2, 0.25) is 0 Å². The molecular weight excluding hydrogens is 338 g/mol. The number of amides is 1. The third-order valence-electron chi connectivity index (χ3n) is 4.16. The normalized spacial score (nSPS) is 11.0. The fraction of sp³-hybridized carbons (Fsp3) is 0.250. The summed E-state index contributed by atoms with van der Waals surface area (Å²) in [6, 6.07) is 15.2. The van der Waals surface area contributed by atoms with Crippen molar-refractivity contribution in [2.75, 3.05) is 20.3 Å². The van der Waals surface area contributed by atoms with Gasteiger partial charge in [-0.25, -0.2) is 0 Å². The Morgan fingerprint density at radius 1 is 1.20 bits per heavy atom. The number of nitrogens with zero attached hydrogens (tertiary/aromatic N) is 1. The van der Waals surface area contributed by atoms with Crippen LogP contribution in [0.4, 0.5) is 0 Å². The Kier molecular flexibility index (Phi) is 5.41. The average molecular weight is 358 g/mol. The summed E-state index contributed by atoms with van der Waals surface area (Å²) in [4.78, 5) is 14.8. The maximum Gasteiger partial charge on any atom is 0.290 e. The van der Waals surface area contributed by atoms with Gasteiger partial charge in [-0.15, -0.1) is 0 Å². The van der Waals surface area contributed by atoms with E-state index < -0.39 is 0 Å². The number of ether oxygens (including phenoxy) is 1. The molecule has 0 bridgehead atoms. The van der Waals surface area contributed by atoms with E-state index in [1.807, 2.05) is 43.3 Å². The number of carbonyl (C=O) groups excluding carboxylic acids is 1. The summed E-state index contributed by atoms with van der Waals surface area (Å²) in [6.45, 7) is 3.33. The zero-order valence-corrected chi connectivity index (χ0v) is 15.0. The van der Waals surface area contributed by atoms with Crippen molar-refractivity contribution in [2.24, 2.45) is 0 Å². The fourth-order valence-electron chi connectivity index (χ4n) is 2.80. The summed E-state index contributed by atoms with van der Waals surface area (Å²) < 4.78 is 11.0. The minimum Gasteiger partial charge on any atom is -0.451 e. The van der Waals surface area contributed by atoms with E-state index >= 15 is 0 Å². The van der Waals surface area contributed by atoms with Gasteiger partial charge in [0.25, 0.3) is 5.91 Å². The molecule has 0 saturated heterocycles. The predicted octanol–water partition coefficient (Wildman–Crippen LogP) is 4.68. The molecule has 5 heteroatoms. The van der Waals surface area contributed by atoms with Crippen LogP contribution in [0.3, 0.4) is 0 Å². The molecule has 1 amide bonds. The van der Waals surface area contributed by atoms with Gasteiger partial charge in [0.15, 0.2) is 5.76 Å². The van der Waals surface area contributed by atoms with Crippen molar-refractivity contribution in [3.05, 3.63) is 70.4 Å². The topological polar surface area (TPSA) is 42.7 Å². The second-order valence-corrected chi connectivity index (χ2v) is 6.34. The number of methoxy groups -OCH3 is 1. The monoisotopic (exact) mass is 357 g/mol. The molecule has 130 valence electrons. The van der Waals surface area contributed by atoms with Crippen molar-refractivity contribution < 1.29 is 13.9 Å². The van der Waals surface area contributed by atoms with Crippen molar-refractivity contribution in [1.29, 1.82) is 0 Å². The Bertz CT molecular complexity index is 873. The first-order valence-electron chi connectivity index (χ1n) is 8.11. The fourth-order valence-corrected chi connectivity index (χ4v) is 2.97. The molecule has 1 aromatic heterocycles. The molecule has 0 spiro atoms. The molecule has 0 unspecified atom stereocenters. The van der Waals surface area contributed by atoms with E-state index in [2.05, 4.69) is 0 Å². The summed E-state index contributed by atoms with van der Waals surface area (Å²) in [5.74, 6) is 0.204.